The number of Topliss-reactive ketones (excluding diaryl/α,β-unsaturated/α-hetero) is 1. The van der Waals surface area contributed by atoms with Gasteiger partial charge >= 0.3 is 0 Å². The van der Waals surface area contributed by atoms with Crippen molar-refractivity contribution in [1.29, 1.82) is 0 Å². The molecule has 0 N–H and O–H groups in total. The van der Waals surface area contributed by atoms with Crippen LogP contribution in [0.25, 0.3) is 0 Å². The second-order valence-electron chi connectivity index (χ2n) is 5.30. The molecule has 0 unspecified atom stereocenters. The van der Waals surface area contributed by atoms with Gasteiger partial charge in [-0.15, -0.1) is 11.3 Å². The quantitative estimate of drug-likeness (QED) is 0.533. The number of carbonyl (C=O) groups excluding carboxylic acids is 1. The first-order valence-corrected chi connectivity index (χ1v) is 7.89. The Bertz CT molecular complexity index is 385. The summed E-state index contributed by atoms with van der Waals surface area (Å²) in [5, 5.41) is 1.96. The van der Waals surface area contributed by atoms with Crippen molar-refractivity contribution >= 4 is 17.1 Å². The van der Waals surface area contributed by atoms with Crippen LogP contribution in [0.1, 0.15) is 55.1 Å². The summed E-state index contributed by atoms with van der Waals surface area (Å²) in [5.41, 5.74) is 0. The van der Waals surface area contributed by atoms with Gasteiger partial charge in [-0.3, -0.25) is 4.79 Å². The lowest BCUT2D eigenvalue weighted by Crippen LogP contribution is -2.08. The molecule has 0 spiro atoms. The smallest absolute Gasteiger partial charge is 0.179 e. The number of ketones is 1. The maximum Gasteiger partial charge on any atom is 0.179 e. The van der Waals surface area contributed by atoms with E-state index in [1.807, 2.05) is 24.4 Å². The number of hydrogen-bond donors (Lipinski definition) is 0. The second kappa shape index (κ2) is 6.89. The van der Waals surface area contributed by atoms with Crippen molar-refractivity contribution in [2.45, 2.75) is 45.4 Å². The minimum absolute atomic E-state index is 0.0206. The summed E-state index contributed by atoms with van der Waals surface area (Å²) in [6, 6.07) is 3.86. The van der Waals surface area contributed by atoms with E-state index in [1.54, 1.807) is 0 Å². The van der Waals surface area contributed by atoms with Crippen LogP contribution in [-0.2, 0) is 0 Å². The third-order valence-electron chi connectivity index (χ3n) is 3.80. The van der Waals surface area contributed by atoms with Gasteiger partial charge in [0, 0.05) is 5.92 Å². The van der Waals surface area contributed by atoms with Gasteiger partial charge in [0.1, 0.15) is 0 Å². The lowest BCUT2D eigenvalue weighted by atomic mass is 9.86. The van der Waals surface area contributed by atoms with Crippen molar-refractivity contribution in [2.75, 3.05) is 0 Å². The molecule has 0 saturated heterocycles. The Kier molecular flexibility index (Phi) is 5.18. The van der Waals surface area contributed by atoms with Crippen molar-refractivity contribution in [1.82, 2.24) is 0 Å². The van der Waals surface area contributed by atoms with Crippen molar-refractivity contribution in [3.05, 3.63) is 34.5 Å². The first kappa shape index (κ1) is 13.5. The molecule has 0 amide bonds. The van der Waals surface area contributed by atoms with Crippen LogP contribution in [0.4, 0.5) is 0 Å². The summed E-state index contributed by atoms with van der Waals surface area (Å²) < 4.78 is 0. The van der Waals surface area contributed by atoms with Crippen LogP contribution in [-0.4, -0.2) is 5.78 Å². The highest BCUT2D eigenvalue weighted by molar-refractivity contribution is 7.12. The highest BCUT2D eigenvalue weighted by Gasteiger charge is 2.14. The molecule has 1 heterocycles. The van der Waals surface area contributed by atoms with Gasteiger partial charge in [-0.2, -0.15) is 0 Å². The van der Waals surface area contributed by atoms with Crippen molar-refractivity contribution in [2.24, 2.45) is 11.8 Å². The molecule has 0 radical (unpaired) electrons. The monoisotopic (exact) mass is 262 g/mol. The fraction of sp³-hybridized carbons (Fsp3) is 0.562. The second-order valence-corrected chi connectivity index (χ2v) is 6.25. The minimum atomic E-state index is 0.0206. The molecule has 98 valence electrons. The predicted molar refractivity (Wildman–Crippen MR) is 78.1 cm³/mol. The van der Waals surface area contributed by atoms with Gasteiger partial charge in [0.2, 0.25) is 0 Å². The summed E-state index contributed by atoms with van der Waals surface area (Å²) in [4.78, 5) is 12.9. The summed E-state index contributed by atoms with van der Waals surface area (Å²) in [6.45, 7) is 2.00. The Hall–Kier alpha value is -0.890. The molecular formula is C16H22OS. The van der Waals surface area contributed by atoms with Gasteiger partial charge in [0.05, 0.1) is 4.88 Å². The van der Waals surface area contributed by atoms with E-state index in [2.05, 4.69) is 12.2 Å². The summed E-state index contributed by atoms with van der Waals surface area (Å²) in [6.07, 6.45) is 12.4. The molecule has 2 heteroatoms. The SMILES string of the molecule is C[C@@H](/C=C/CC1CCCCC1)C(=O)c1cccs1. The highest BCUT2D eigenvalue weighted by atomic mass is 32.1. The molecule has 1 fully saturated rings. The molecule has 1 aliphatic carbocycles. The average molecular weight is 262 g/mol. The molecule has 1 nitrogen and oxygen atoms in total. The molecule has 0 aliphatic heterocycles. The molecule has 1 atom stereocenters. The number of thiophene rings is 1. The van der Waals surface area contributed by atoms with Crippen LogP contribution in [0.15, 0.2) is 29.7 Å². The highest BCUT2D eigenvalue weighted by Crippen LogP contribution is 2.26. The van der Waals surface area contributed by atoms with E-state index in [0.717, 1.165) is 17.2 Å². The largest absolute Gasteiger partial charge is 0.293 e. The van der Waals surface area contributed by atoms with Crippen LogP contribution in [0.2, 0.25) is 0 Å². The topological polar surface area (TPSA) is 17.1 Å². The number of rotatable bonds is 5. The Morgan fingerprint density at radius 2 is 2.22 bits per heavy atom. The molecule has 1 aliphatic rings. The molecule has 0 bridgehead atoms. The normalized spacial score (nSPS) is 19.2. The van der Waals surface area contributed by atoms with E-state index in [9.17, 15) is 4.79 Å². The van der Waals surface area contributed by atoms with E-state index >= 15 is 0 Å². The van der Waals surface area contributed by atoms with Crippen molar-refractivity contribution < 1.29 is 4.79 Å². The van der Waals surface area contributed by atoms with Crippen LogP contribution in [0, 0.1) is 11.8 Å². The first-order valence-electron chi connectivity index (χ1n) is 7.01. The van der Waals surface area contributed by atoms with Gasteiger partial charge in [0.25, 0.3) is 0 Å². The van der Waals surface area contributed by atoms with Gasteiger partial charge in [0.15, 0.2) is 5.78 Å². The van der Waals surface area contributed by atoms with Crippen LogP contribution < -0.4 is 0 Å². The third kappa shape index (κ3) is 3.81. The van der Waals surface area contributed by atoms with Gasteiger partial charge in [-0.1, -0.05) is 57.2 Å². The Labute approximate surface area is 114 Å². The van der Waals surface area contributed by atoms with Gasteiger partial charge in [-0.05, 0) is 23.8 Å². The van der Waals surface area contributed by atoms with Gasteiger partial charge in [-0.25, -0.2) is 0 Å². The van der Waals surface area contributed by atoms with E-state index in [-0.39, 0.29) is 11.7 Å². The lowest BCUT2D eigenvalue weighted by molar-refractivity contribution is 0.0957. The first-order chi connectivity index (χ1) is 8.77. The van der Waals surface area contributed by atoms with Gasteiger partial charge < -0.3 is 0 Å². The fourth-order valence-corrected chi connectivity index (χ4v) is 3.39. The molecule has 1 aromatic heterocycles. The maximum atomic E-state index is 12.0. The fourth-order valence-electron chi connectivity index (χ4n) is 2.63. The summed E-state index contributed by atoms with van der Waals surface area (Å²) in [5.74, 6) is 1.14. The zero-order valence-corrected chi connectivity index (χ0v) is 11.9. The standard InChI is InChI=1S/C16H22OS/c1-13(16(17)15-11-6-12-18-15)7-5-10-14-8-3-2-4-9-14/h5-7,11-14H,2-4,8-10H2,1H3/b7-5+/t13-/m0/s1. The zero-order chi connectivity index (χ0) is 12.8. The van der Waals surface area contributed by atoms with Crippen molar-refractivity contribution in [3.8, 4) is 0 Å². The van der Waals surface area contributed by atoms with Crippen LogP contribution >= 0.6 is 11.3 Å². The minimum Gasteiger partial charge on any atom is -0.293 e. The molecular weight excluding hydrogens is 240 g/mol. The zero-order valence-electron chi connectivity index (χ0n) is 11.1. The predicted octanol–water partition coefficient (Wildman–Crippen LogP) is 5.09. The van der Waals surface area contributed by atoms with Crippen molar-refractivity contribution in [3.63, 3.8) is 0 Å². The molecule has 1 aromatic rings. The number of carbonyl (C=O) groups is 1. The summed E-state index contributed by atoms with van der Waals surface area (Å²) in [7, 11) is 0. The lowest BCUT2D eigenvalue weighted by Gasteiger charge is -2.19. The average Bonchev–Trinajstić information content (AvgIpc) is 2.93. The Morgan fingerprint density at radius 3 is 2.89 bits per heavy atom. The van der Waals surface area contributed by atoms with E-state index in [0.29, 0.717) is 0 Å². The molecule has 2 rings (SSSR count). The molecule has 1 saturated carbocycles. The van der Waals surface area contributed by atoms with Crippen LogP contribution in [0.3, 0.4) is 0 Å². The molecule has 18 heavy (non-hydrogen) atoms. The number of hydrogen-bond acceptors (Lipinski definition) is 2. The van der Waals surface area contributed by atoms with Crippen LogP contribution in [0.5, 0.6) is 0 Å². The number of allylic oxidation sites excluding steroid dienone is 2. The van der Waals surface area contributed by atoms with E-state index in [1.165, 1.54) is 43.4 Å². The maximum absolute atomic E-state index is 12.0. The Morgan fingerprint density at radius 1 is 1.44 bits per heavy atom. The van der Waals surface area contributed by atoms with E-state index < -0.39 is 0 Å². The third-order valence-corrected chi connectivity index (χ3v) is 4.68. The Balaban J connectivity index is 1.79. The van der Waals surface area contributed by atoms with E-state index in [4.69, 9.17) is 0 Å². The molecule has 0 aromatic carbocycles. The summed E-state index contributed by atoms with van der Waals surface area (Å²) >= 11 is 1.54.